The number of nitrogens with one attached hydrogen (secondary N) is 2. The molecule has 1 saturated heterocycles. The first kappa shape index (κ1) is 25.0. The van der Waals surface area contributed by atoms with Crippen LogP contribution >= 0.6 is 0 Å². The molecule has 34 heavy (non-hydrogen) atoms. The van der Waals surface area contributed by atoms with Crippen molar-refractivity contribution in [1.29, 1.82) is 0 Å². The number of ether oxygens (including phenoxy) is 1. The van der Waals surface area contributed by atoms with Gasteiger partial charge in [-0.05, 0) is 41.8 Å². The fourth-order valence-electron chi connectivity index (χ4n) is 3.48. The molecule has 1 aliphatic heterocycles. The molecule has 4 amide bonds. The largest absolute Gasteiger partial charge is 0.494 e. The van der Waals surface area contributed by atoms with E-state index in [0.29, 0.717) is 17.1 Å². The molecule has 10 nitrogen and oxygen atoms in total. The van der Waals surface area contributed by atoms with Gasteiger partial charge in [0, 0.05) is 29.8 Å². The first-order valence-electron chi connectivity index (χ1n) is 10.4. The first-order valence-corrected chi connectivity index (χ1v) is 12.2. The molecule has 0 atom stereocenters. The summed E-state index contributed by atoms with van der Waals surface area (Å²) < 4.78 is 33.0. The van der Waals surface area contributed by atoms with Gasteiger partial charge in [0.1, 0.15) is 11.5 Å². The summed E-state index contributed by atoms with van der Waals surface area (Å²) >= 11 is 0. The lowest BCUT2D eigenvalue weighted by molar-refractivity contribution is -0.120. The van der Waals surface area contributed by atoms with Crippen LogP contribution in [0.2, 0.25) is 0 Å². The number of carbonyl (C=O) groups excluding carboxylic acids is 3. The van der Waals surface area contributed by atoms with Gasteiger partial charge in [-0.3, -0.25) is 19.8 Å². The van der Waals surface area contributed by atoms with Crippen molar-refractivity contribution in [2.75, 3.05) is 30.1 Å². The van der Waals surface area contributed by atoms with Crippen molar-refractivity contribution in [1.82, 2.24) is 5.32 Å². The van der Waals surface area contributed by atoms with Crippen molar-refractivity contribution in [2.45, 2.75) is 32.6 Å². The molecule has 0 aromatic heterocycles. The molecule has 2 aromatic carbocycles. The molecular weight excluding hydrogens is 462 g/mol. The van der Waals surface area contributed by atoms with Crippen molar-refractivity contribution >= 4 is 39.3 Å². The van der Waals surface area contributed by atoms with E-state index in [9.17, 15) is 22.8 Å². The minimum absolute atomic E-state index is 0.0827. The monoisotopic (exact) mass is 489 g/mol. The van der Waals surface area contributed by atoms with Gasteiger partial charge in [0.25, 0.3) is 5.91 Å². The molecule has 0 aliphatic carbocycles. The average molecular weight is 490 g/mol. The third kappa shape index (κ3) is 5.84. The number of nitrogens with zero attached hydrogens (tertiary/aromatic N) is 1. The van der Waals surface area contributed by atoms with E-state index < -0.39 is 27.5 Å². The molecule has 1 aliphatic rings. The fourth-order valence-corrected chi connectivity index (χ4v) is 3.94. The van der Waals surface area contributed by atoms with Gasteiger partial charge in [-0.15, -0.1) is 0 Å². The zero-order valence-corrected chi connectivity index (χ0v) is 20.4. The Labute approximate surface area is 198 Å². The van der Waals surface area contributed by atoms with Gasteiger partial charge in [-0.1, -0.05) is 20.8 Å². The number of methoxy groups -OCH3 is 1. The van der Waals surface area contributed by atoms with Crippen molar-refractivity contribution in [3.63, 3.8) is 0 Å². The highest BCUT2D eigenvalue weighted by molar-refractivity contribution is 7.86. The summed E-state index contributed by atoms with van der Waals surface area (Å²) in [6, 6.07) is 8.49. The molecule has 2 aromatic rings. The Morgan fingerprint density at radius 1 is 1.12 bits per heavy atom. The lowest BCUT2D eigenvalue weighted by Gasteiger charge is -2.30. The van der Waals surface area contributed by atoms with E-state index in [1.807, 2.05) is 20.8 Å². The third-order valence-corrected chi connectivity index (χ3v) is 5.56. The van der Waals surface area contributed by atoms with E-state index in [-0.39, 0.29) is 30.2 Å². The lowest BCUT2D eigenvalue weighted by atomic mass is 9.85. The maximum atomic E-state index is 13.0. The third-order valence-electron chi connectivity index (χ3n) is 5.06. The van der Waals surface area contributed by atoms with E-state index in [4.69, 9.17) is 8.92 Å². The van der Waals surface area contributed by atoms with Crippen LogP contribution in [0.5, 0.6) is 11.5 Å². The molecule has 1 fully saturated rings. The number of hydrogen-bond acceptors (Lipinski definition) is 7. The number of amides is 4. The number of anilines is 2. The highest BCUT2D eigenvalue weighted by Crippen LogP contribution is 2.41. The second-order valence-electron chi connectivity index (χ2n) is 8.85. The van der Waals surface area contributed by atoms with Crippen LogP contribution in [-0.2, 0) is 20.3 Å². The Hall–Kier alpha value is -3.60. The smallest absolute Gasteiger partial charge is 0.328 e. The Kier molecular flexibility index (Phi) is 6.87. The van der Waals surface area contributed by atoms with Crippen LogP contribution in [0.15, 0.2) is 36.4 Å². The summed E-state index contributed by atoms with van der Waals surface area (Å²) in [7, 11) is -2.20. The van der Waals surface area contributed by atoms with Crippen LogP contribution < -0.4 is 24.5 Å². The summed E-state index contributed by atoms with van der Waals surface area (Å²) in [4.78, 5) is 38.4. The molecule has 0 radical (unpaired) electrons. The minimum atomic E-state index is -3.69. The maximum Gasteiger partial charge on any atom is 0.328 e. The van der Waals surface area contributed by atoms with Crippen LogP contribution in [0.25, 0.3) is 0 Å². The molecule has 0 bridgehead atoms. The Morgan fingerprint density at radius 3 is 2.29 bits per heavy atom. The molecule has 1 heterocycles. The highest BCUT2D eigenvalue weighted by Gasteiger charge is 2.29. The first-order chi connectivity index (χ1) is 15.8. The van der Waals surface area contributed by atoms with Gasteiger partial charge in [-0.2, -0.15) is 8.42 Å². The average Bonchev–Trinajstić information content (AvgIpc) is 2.72. The highest BCUT2D eigenvalue weighted by atomic mass is 32.2. The van der Waals surface area contributed by atoms with Gasteiger partial charge in [0.05, 0.1) is 19.1 Å². The number of benzene rings is 2. The Bertz CT molecular complexity index is 1230. The molecule has 0 unspecified atom stereocenters. The van der Waals surface area contributed by atoms with E-state index in [1.54, 1.807) is 12.1 Å². The summed E-state index contributed by atoms with van der Waals surface area (Å²) in [6.07, 6.45) is 1.09. The molecule has 2 N–H and O–H groups in total. The molecule has 3 rings (SSSR count). The number of hydrogen-bond donors (Lipinski definition) is 2. The second-order valence-corrected chi connectivity index (χ2v) is 10.4. The lowest BCUT2D eigenvalue weighted by Crippen LogP contribution is -2.49. The molecular formula is C23H27N3O7S. The Balaban J connectivity index is 1.98. The number of carbonyl (C=O) groups is 3. The zero-order chi connectivity index (χ0) is 25.3. The summed E-state index contributed by atoms with van der Waals surface area (Å²) in [6.45, 7) is 6.12. The van der Waals surface area contributed by atoms with Gasteiger partial charge < -0.3 is 14.2 Å². The Morgan fingerprint density at radius 2 is 1.76 bits per heavy atom. The van der Waals surface area contributed by atoms with Gasteiger partial charge >= 0.3 is 16.1 Å². The van der Waals surface area contributed by atoms with Crippen LogP contribution in [-0.4, -0.2) is 46.2 Å². The van der Waals surface area contributed by atoms with Gasteiger partial charge in [0.2, 0.25) is 5.91 Å². The maximum absolute atomic E-state index is 13.0. The quantitative estimate of drug-likeness (QED) is 0.596. The molecule has 0 spiro atoms. The topological polar surface area (TPSA) is 131 Å². The van der Waals surface area contributed by atoms with Crippen molar-refractivity contribution < 1.29 is 31.7 Å². The molecule has 11 heteroatoms. The summed E-state index contributed by atoms with van der Waals surface area (Å²) in [5, 5.41) is 5.11. The number of imide groups is 1. The van der Waals surface area contributed by atoms with E-state index in [1.165, 1.54) is 36.3 Å². The predicted octanol–water partition coefficient (Wildman–Crippen LogP) is 3.03. The van der Waals surface area contributed by atoms with Crippen LogP contribution in [0.3, 0.4) is 0 Å². The SMILES string of the molecule is COc1c(NC(=O)c2ccc(OS(C)(=O)=O)cc2)cc(N2CCC(=O)NC2=O)cc1C(C)(C)C. The second kappa shape index (κ2) is 9.34. The standard InChI is InChI=1S/C23H27N3O7S/c1-23(2,3)17-12-15(26-11-10-19(27)25-22(26)29)13-18(20(17)32-4)24-21(28)14-6-8-16(9-7-14)33-34(5,30)31/h6-9,12-13H,10-11H2,1-5H3,(H,24,28)(H,25,27,29). The molecule has 0 saturated carbocycles. The van der Waals surface area contributed by atoms with Crippen LogP contribution in [0.4, 0.5) is 16.2 Å². The van der Waals surface area contributed by atoms with Crippen molar-refractivity contribution in [3.8, 4) is 11.5 Å². The van der Waals surface area contributed by atoms with Crippen molar-refractivity contribution in [3.05, 3.63) is 47.5 Å². The summed E-state index contributed by atoms with van der Waals surface area (Å²) in [5.74, 6) is -0.295. The predicted molar refractivity (Wildman–Crippen MR) is 127 cm³/mol. The van der Waals surface area contributed by atoms with Gasteiger partial charge in [-0.25, -0.2) is 4.79 Å². The summed E-state index contributed by atoms with van der Waals surface area (Å²) in [5.41, 5.74) is 1.46. The number of urea groups is 1. The van der Waals surface area contributed by atoms with E-state index in [0.717, 1.165) is 11.8 Å². The molecule has 182 valence electrons. The van der Waals surface area contributed by atoms with E-state index in [2.05, 4.69) is 10.6 Å². The fraction of sp³-hybridized carbons (Fsp3) is 0.348. The minimum Gasteiger partial charge on any atom is -0.494 e. The normalized spacial score (nSPS) is 14.4. The van der Waals surface area contributed by atoms with Crippen LogP contribution in [0.1, 0.15) is 43.1 Å². The van der Waals surface area contributed by atoms with Crippen molar-refractivity contribution in [2.24, 2.45) is 0 Å². The van der Waals surface area contributed by atoms with E-state index >= 15 is 0 Å². The number of rotatable bonds is 6. The van der Waals surface area contributed by atoms with Gasteiger partial charge in [0.15, 0.2) is 0 Å². The zero-order valence-electron chi connectivity index (χ0n) is 19.6. The van der Waals surface area contributed by atoms with Crippen LogP contribution in [0, 0.1) is 0 Å².